The summed E-state index contributed by atoms with van der Waals surface area (Å²) >= 11 is 0. The van der Waals surface area contributed by atoms with Crippen molar-refractivity contribution in [2.75, 3.05) is 33.3 Å². The third-order valence-corrected chi connectivity index (χ3v) is 3.39. The van der Waals surface area contributed by atoms with Gasteiger partial charge in [-0.15, -0.1) is 0 Å². The summed E-state index contributed by atoms with van der Waals surface area (Å²) in [4.78, 5) is 37.3. The van der Waals surface area contributed by atoms with Crippen molar-refractivity contribution in [3.8, 4) is 0 Å². The molecule has 1 aromatic carbocycles. The zero-order valence-electron chi connectivity index (χ0n) is 11.6. The minimum atomic E-state index is -0.968. The molecular formula is C14H16N2O5. The number of carbonyl (C=O) groups excluding carboxylic acids is 2. The number of piperazine rings is 1. The molecule has 0 radical (unpaired) electrons. The summed E-state index contributed by atoms with van der Waals surface area (Å²) in [7, 11) is 1.29. The van der Waals surface area contributed by atoms with E-state index < -0.39 is 12.1 Å². The highest BCUT2D eigenvalue weighted by Gasteiger charge is 2.24. The minimum absolute atomic E-state index is 0.170. The van der Waals surface area contributed by atoms with Gasteiger partial charge < -0.3 is 19.6 Å². The molecule has 2 rings (SSSR count). The predicted molar refractivity (Wildman–Crippen MR) is 73.3 cm³/mol. The van der Waals surface area contributed by atoms with Crippen LogP contribution < -0.4 is 0 Å². The van der Waals surface area contributed by atoms with E-state index in [0.29, 0.717) is 37.3 Å². The fraction of sp³-hybridized carbons (Fsp3) is 0.357. The first-order valence-corrected chi connectivity index (χ1v) is 6.48. The number of esters is 1. The van der Waals surface area contributed by atoms with Crippen molar-refractivity contribution in [2.24, 2.45) is 0 Å². The van der Waals surface area contributed by atoms with Crippen LogP contribution in [0, 0.1) is 0 Å². The summed E-state index contributed by atoms with van der Waals surface area (Å²) in [6.45, 7) is 1.34. The first-order valence-electron chi connectivity index (χ1n) is 6.48. The van der Waals surface area contributed by atoms with E-state index in [4.69, 9.17) is 5.11 Å². The lowest BCUT2D eigenvalue weighted by atomic mass is 10.1. The summed E-state index contributed by atoms with van der Waals surface area (Å²) in [5, 5.41) is 8.86. The van der Waals surface area contributed by atoms with Gasteiger partial charge in [0.05, 0.1) is 12.7 Å². The number of hydrogen-bond acceptors (Lipinski definition) is 4. The lowest BCUT2D eigenvalue weighted by Gasteiger charge is -2.33. The highest BCUT2D eigenvalue weighted by molar-refractivity contribution is 5.96. The summed E-state index contributed by atoms with van der Waals surface area (Å²) < 4.78 is 4.59. The quantitative estimate of drug-likeness (QED) is 0.819. The second-order valence-corrected chi connectivity index (χ2v) is 4.63. The van der Waals surface area contributed by atoms with Crippen molar-refractivity contribution >= 4 is 18.0 Å². The maximum Gasteiger partial charge on any atom is 0.407 e. The second kappa shape index (κ2) is 6.25. The molecule has 7 heteroatoms. The Labute approximate surface area is 121 Å². The molecule has 112 valence electrons. The number of amides is 2. The standard InChI is InChI=1S/C14H16N2O5/c1-21-13(18)11-4-2-10(3-5-11)12(17)15-6-8-16(9-7-15)14(19)20/h2-5H,6-9H2,1H3,(H,19,20). The van der Waals surface area contributed by atoms with Gasteiger partial charge in [-0.25, -0.2) is 9.59 Å². The topological polar surface area (TPSA) is 87.2 Å². The third kappa shape index (κ3) is 3.31. The van der Waals surface area contributed by atoms with Gasteiger partial charge >= 0.3 is 12.1 Å². The molecule has 0 aliphatic carbocycles. The largest absolute Gasteiger partial charge is 0.465 e. The van der Waals surface area contributed by atoms with E-state index in [-0.39, 0.29) is 5.91 Å². The van der Waals surface area contributed by atoms with Crippen LogP contribution in [-0.4, -0.2) is 66.2 Å². The molecule has 1 heterocycles. The SMILES string of the molecule is COC(=O)c1ccc(C(=O)N2CCN(C(=O)O)CC2)cc1. The average Bonchev–Trinajstić information content (AvgIpc) is 2.53. The summed E-state index contributed by atoms with van der Waals surface area (Å²) in [6.07, 6.45) is -0.968. The van der Waals surface area contributed by atoms with Crippen molar-refractivity contribution in [2.45, 2.75) is 0 Å². The molecule has 0 atom stereocenters. The van der Waals surface area contributed by atoms with Gasteiger partial charge in [-0.3, -0.25) is 4.79 Å². The number of hydrogen-bond donors (Lipinski definition) is 1. The number of carbonyl (C=O) groups is 3. The fourth-order valence-electron chi connectivity index (χ4n) is 2.15. The molecule has 0 unspecified atom stereocenters. The molecule has 1 N–H and O–H groups in total. The van der Waals surface area contributed by atoms with E-state index in [2.05, 4.69) is 4.74 Å². The van der Waals surface area contributed by atoms with E-state index in [9.17, 15) is 14.4 Å². The number of methoxy groups -OCH3 is 1. The highest BCUT2D eigenvalue weighted by Crippen LogP contribution is 2.11. The predicted octanol–water partition coefficient (Wildman–Crippen LogP) is 0.909. The van der Waals surface area contributed by atoms with Gasteiger partial charge in [-0.1, -0.05) is 0 Å². The van der Waals surface area contributed by atoms with Gasteiger partial charge in [0.15, 0.2) is 0 Å². The van der Waals surface area contributed by atoms with E-state index >= 15 is 0 Å². The molecule has 1 aliphatic heterocycles. The number of ether oxygens (including phenoxy) is 1. The maximum absolute atomic E-state index is 12.3. The molecule has 7 nitrogen and oxygen atoms in total. The van der Waals surface area contributed by atoms with E-state index in [1.165, 1.54) is 24.1 Å². The van der Waals surface area contributed by atoms with Crippen molar-refractivity contribution in [1.82, 2.24) is 9.80 Å². The van der Waals surface area contributed by atoms with Gasteiger partial charge in [-0.05, 0) is 24.3 Å². The van der Waals surface area contributed by atoms with Gasteiger partial charge in [0.25, 0.3) is 5.91 Å². The Morgan fingerprint density at radius 3 is 1.90 bits per heavy atom. The van der Waals surface area contributed by atoms with Gasteiger partial charge in [0.2, 0.25) is 0 Å². The van der Waals surface area contributed by atoms with E-state index in [0.717, 1.165) is 0 Å². The monoisotopic (exact) mass is 292 g/mol. The first kappa shape index (κ1) is 14.8. The van der Waals surface area contributed by atoms with Crippen LogP contribution >= 0.6 is 0 Å². The fourth-order valence-corrected chi connectivity index (χ4v) is 2.15. The maximum atomic E-state index is 12.3. The van der Waals surface area contributed by atoms with Crippen molar-refractivity contribution in [1.29, 1.82) is 0 Å². The Morgan fingerprint density at radius 1 is 0.952 bits per heavy atom. The van der Waals surface area contributed by atoms with Crippen LogP contribution in [0.2, 0.25) is 0 Å². The number of benzene rings is 1. The smallest absolute Gasteiger partial charge is 0.407 e. The second-order valence-electron chi connectivity index (χ2n) is 4.63. The van der Waals surface area contributed by atoms with Crippen molar-refractivity contribution < 1.29 is 24.2 Å². The number of rotatable bonds is 2. The molecule has 1 fully saturated rings. The van der Waals surface area contributed by atoms with E-state index in [1.54, 1.807) is 17.0 Å². The summed E-state index contributed by atoms with van der Waals surface area (Å²) in [6, 6.07) is 6.20. The highest BCUT2D eigenvalue weighted by atomic mass is 16.5. The van der Waals surface area contributed by atoms with Crippen LogP contribution in [0.1, 0.15) is 20.7 Å². The van der Waals surface area contributed by atoms with Gasteiger partial charge in [0.1, 0.15) is 0 Å². The van der Waals surface area contributed by atoms with Crippen LogP contribution in [-0.2, 0) is 4.74 Å². The minimum Gasteiger partial charge on any atom is -0.465 e. The molecule has 1 aromatic rings. The van der Waals surface area contributed by atoms with Crippen LogP contribution in [0.25, 0.3) is 0 Å². The Kier molecular flexibility index (Phi) is 4.42. The molecule has 0 bridgehead atoms. The first-order chi connectivity index (χ1) is 10.0. The Balaban J connectivity index is 2.01. The van der Waals surface area contributed by atoms with Crippen LogP contribution in [0.5, 0.6) is 0 Å². The molecular weight excluding hydrogens is 276 g/mol. The lowest BCUT2D eigenvalue weighted by molar-refractivity contribution is 0.0597. The number of nitrogens with zero attached hydrogens (tertiary/aromatic N) is 2. The molecule has 21 heavy (non-hydrogen) atoms. The lowest BCUT2D eigenvalue weighted by Crippen LogP contribution is -2.50. The Bertz CT molecular complexity index is 547. The normalized spacial score (nSPS) is 14.7. The Hall–Kier alpha value is -2.57. The van der Waals surface area contributed by atoms with Crippen molar-refractivity contribution in [3.05, 3.63) is 35.4 Å². The van der Waals surface area contributed by atoms with Crippen LogP contribution in [0.4, 0.5) is 4.79 Å². The molecule has 1 saturated heterocycles. The average molecular weight is 292 g/mol. The van der Waals surface area contributed by atoms with Crippen LogP contribution in [0.15, 0.2) is 24.3 Å². The summed E-state index contributed by atoms with van der Waals surface area (Å²) in [5.41, 5.74) is 0.844. The Morgan fingerprint density at radius 2 is 1.43 bits per heavy atom. The molecule has 0 spiro atoms. The number of carboxylic acid groups (broad SMARTS) is 1. The molecule has 2 amide bonds. The molecule has 0 aromatic heterocycles. The van der Waals surface area contributed by atoms with E-state index in [1.807, 2.05) is 0 Å². The third-order valence-electron chi connectivity index (χ3n) is 3.39. The van der Waals surface area contributed by atoms with Crippen molar-refractivity contribution in [3.63, 3.8) is 0 Å². The zero-order chi connectivity index (χ0) is 15.4. The molecule has 0 saturated carbocycles. The van der Waals surface area contributed by atoms with Crippen LogP contribution in [0.3, 0.4) is 0 Å². The zero-order valence-corrected chi connectivity index (χ0v) is 11.6. The van der Waals surface area contributed by atoms with Gasteiger partial charge in [0, 0.05) is 31.7 Å². The molecule has 1 aliphatic rings. The summed E-state index contributed by atoms with van der Waals surface area (Å²) in [5.74, 6) is -0.625. The van der Waals surface area contributed by atoms with Gasteiger partial charge in [-0.2, -0.15) is 0 Å².